The molecule has 5 nitrogen and oxygen atoms in total. The van der Waals surface area contributed by atoms with Crippen LogP contribution in [0.4, 0.5) is 4.79 Å². The molecule has 0 bridgehead atoms. The van der Waals surface area contributed by atoms with Crippen molar-refractivity contribution in [2.24, 2.45) is 0 Å². The van der Waals surface area contributed by atoms with E-state index in [1.807, 2.05) is 20.8 Å². The molecule has 0 atom stereocenters. The number of thioether (sulfide) groups is 1. The molecule has 0 radical (unpaired) electrons. The van der Waals surface area contributed by atoms with Gasteiger partial charge in [-0.3, -0.25) is 24.9 Å². The van der Waals surface area contributed by atoms with Crippen LogP contribution in [-0.4, -0.2) is 21.1 Å². The van der Waals surface area contributed by atoms with Gasteiger partial charge < -0.3 is 0 Å². The van der Waals surface area contributed by atoms with Crippen LogP contribution in [-0.2, 0) is 10.2 Å². The van der Waals surface area contributed by atoms with Gasteiger partial charge in [0.1, 0.15) is 0 Å². The molecule has 2 heterocycles. The first-order valence-electron chi connectivity index (χ1n) is 5.43. The fraction of sp³-hybridized carbons (Fsp3) is 0.333. The summed E-state index contributed by atoms with van der Waals surface area (Å²) in [5.74, 6) is -0.383. The summed E-state index contributed by atoms with van der Waals surface area (Å²) in [6.07, 6.45) is 4.85. The number of rotatable bonds is 1. The number of carbonyl (C=O) groups excluding carboxylic acids is 2. The van der Waals surface area contributed by atoms with Gasteiger partial charge in [-0.25, -0.2) is 0 Å². The van der Waals surface area contributed by atoms with Gasteiger partial charge in [-0.1, -0.05) is 20.8 Å². The van der Waals surface area contributed by atoms with Crippen LogP contribution in [0.15, 0.2) is 17.3 Å². The lowest BCUT2D eigenvalue weighted by Crippen LogP contribution is -2.17. The second-order valence-electron chi connectivity index (χ2n) is 4.93. The minimum atomic E-state index is -0.383. The van der Waals surface area contributed by atoms with E-state index in [2.05, 4.69) is 15.3 Å². The van der Waals surface area contributed by atoms with E-state index in [-0.39, 0.29) is 16.6 Å². The second-order valence-corrected chi connectivity index (χ2v) is 5.94. The molecule has 1 aromatic rings. The molecule has 2 amide bonds. The van der Waals surface area contributed by atoms with Crippen molar-refractivity contribution in [3.8, 4) is 0 Å². The smallest absolute Gasteiger partial charge is 0.282 e. The average Bonchev–Trinajstić information content (AvgIpc) is 2.57. The van der Waals surface area contributed by atoms with E-state index < -0.39 is 0 Å². The maximum Gasteiger partial charge on any atom is 0.290 e. The molecule has 0 aliphatic carbocycles. The Hall–Kier alpha value is -1.69. The van der Waals surface area contributed by atoms with E-state index in [0.29, 0.717) is 10.6 Å². The zero-order valence-corrected chi connectivity index (χ0v) is 11.2. The molecule has 94 valence electrons. The molecule has 1 aliphatic heterocycles. The highest BCUT2D eigenvalue weighted by Crippen LogP contribution is 2.25. The molecule has 1 fully saturated rings. The number of hydrogen-bond donors (Lipinski definition) is 1. The molecular weight excluding hydrogens is 250 g/mol. The lowest BCUT2D eigenvalue weighted by Gasteiger charge is -2.16. The normalized spacial score (nSPS) is 18.3. The van der Waals surface area contributed by atoms with Gasteiger partial charge >= 0.3 is 0 Å². The molecule has 0 saturated carbocycles. The predicted octanol–water partition coefficient (Wildman–Crippen LogP) is 2.10. The summed E-state index contributed by atoms with van der Waals surface area (Å²) in [6.45, 7) is 6.15. The van der Waals surface area contributed by atoms with Crippen LogP contribution in [0, 0.1) is 0 Å². The van der Waals surface area contributed by atoms with Gasteiger partial charge in [-0.15, -0.1) is 0 Å². The van der Waals surface area contributed by atoms with E-state index in [1.165, 1.54) is 0 Å². The average molecular weight is 263 g/mol. The molecule has 0 unspecified atom stereocenters. The molecule has 1 aromatic heterocycles. The maximum absolute atomic E-state index is 11.3. The fourth-order valence-electron chi connectivity index (χ4n) is 1.36. The Bertz CT molecular complexity index is 529. The quantitative estimate of drug-likeness (QED) is 0.785. The summed E-state index contributed by atoms with van der Waals surface area (Å²) >= 11 is 0.872. The van der Waals surface area contributed by atoms with Crippen LogP contribution in [0.1, 0.15) is 32.2 Å². The summed E-state index contributed by atoms with van der Waals surface area (Å²) in [5.41, 5.74) is 1.38. The van der Waals surface area contributed by atoms with Gasteiger partial charge in [0.2, 0.25) is 0 Å². The summed E-state index contributed by atoms with van der Waals surface area (Å²) in [5, 5.41) is 1.84. The summed E-state index contributed by atoms with van der Waals surface area (Å²) in [4.78, 5) is 31.2. The van der Waals surface area contributed by atoms with Gasteiger partial charge in [0.05, 0.1) is 22.5 Å². The topological polar surface area (TPSA) is 72.0 Å². The summed E-state index contributed by atoms with van der Waals surface area (Å²) in [7, 11) is 0. The number of nitrogens with zero attached hydrogens (tertiary/aromatic N) is 2. The van der Waals surface area contributed by atoms with Crippen LogP contribution in [0.5, 0.6) is 0 Å². The first-order valence-corrected chi connectivity index (χ1v) is 6.25. The monoisotopic (exact) mass is 263 g/mol. The minimum Gasteiger partial charge on any atom is -0.282 e. The van der Waals surface area contributed by atoms with Crippen LogP contribution in [0.3, 0.4) is 0 Å². The van der Waals surface area contributed by atoms with Crippen molar-refractivity contribution in [2.45, 2.75) is 26.2 Å². The largest absolute Gasteiger partial charge is 0.290 e. The van der Waals surface area contributed by atoms with Crippen molar-refractivity contribution < 1.29 is 9.59 Å². The third-order valence-electron chi connectivity index (χ3n) is 2.36. The first kappa shape index (κ1) is 12.8. The van der Waals surface area contributed by atoms with Crippen LogP contribution in [0.2, 0.25) is 0 Å². The number of nitrogens with one attached hydrogen (secondary N) is 1. The van der Waals surface area contributed by atoms with Crippen LogP contribution < -0.4 is 5.32 Å². The molecule has 18 heavy (non-hydrogen) atoms. The van der Waals surface area contributed by atoms with Crippen molar-refractivity contribution in [3.63, 3.8) is 0 Å². The summed E-state index contributed by atoms with van der Waals surface area (Å²) in [6, 6.07) is 0. The molecule has 6 heteroatoms. The molecule has 1 saturated heterocycles. The third kappa shape index (κ3) is 2.76. The van der Waals surface area contributed by atoms with Gasteiger partial charge in [-0.05, 0) is 17.8 Å². The Morgan fingerprint density at radius 3 is 2.39 bits per heavy atom. The van der Waals surface area contributed by atoms with Crippen molar-refractivity contribution in [1.82, 2.24) is 15.3 Å². The van der Waals surface area contributed by atoms with E-state index in [0.717, 1.165) is 17.5 Å². The van der Waals surface area contributed by atoms with E-state index in [4.69, 9.17) is 0 Å². The van der Waals surface area contributed by atoms with Gasteiger partial charge in [0, 0.05) is 11.6 Å². The fourth-order valence-corrected chi connectivity index (χ4v) is 2.02. The Balaban J connectivity index is 2.24. The minimum absolute atomic E-state index is 0.0614. The molecule has 0 aromatic carbocycles. The highest BCUT2D eigenvalue weighted by Gasteiger charge is 2.25. The number of carbonyl (C=O) groups is 2. The van der Waals surface area contributed by atoms with Crippen molar-refractivity contribution in [3.05, 3.63) is 28.7 Å². The van der Waals surface area contributed by atoms with Crippen molar-refractivity contribution in [1.29, 1.82) is 0 Å². The summed E-state index contributed by atoms with van der Waals surface area (Å²) < 4.78 is 0. The zero-order valence-electron chi connectivity index (χ0n) is 10.4. The Morgan fingerprint density at radius 2 is 1.94 bits per heavy atom. The molecule has 1 aliphatic rings. The lowest BCUT2D eigenvalue weighted by molar-refractivity contribution is -0.115. The van der Waals surface area contributed by atoms with Crippen LogP contribution in [0.25, 0.3) is 6.08 Å². The van der Waals surface area contributed by atoms with E-state index >= 15 is 0 Å². The molecule has 1 N–H and O–H groups in total. The molecule has 0 spiro atoms. The number of imide groups is 1. The second kappa shape index (κ2) is 4.53. The number of aromatic nitrogens is 2. The number of hydrogen-bond acceptors (Lipinski definition) is 5. The molecule has 2 rings (SSSR count). The van der Waals surface area contributed by atoms with E-state index in [1.54, 1.807) is 18.5 Å². The van der Waals surface area contributed by atoms with Crippen LogP contribution >= 0.6 is 11.8 Å². The SMILES string of the molecule is CC(C)(C)c1cnc(/C=C2\SC(=O)NC2=O)cn1. The first-order chi connectivity index (χ1) is 8.36. The van der Waals surface area contributed by atoms with Gasteiger partial charge in [0.15, 0.2) is 0 Å². The van der Waals surface area contributed by atoms with Gasteiger partial charge in [0.25, 0.3) is 11.1 Å². The molecular formula is C12H13N3O2S. The highest BCUT2D eigenvalue weighted by atomic mass is 32.2. The standard InChI is InChI=1S/C12H13N3O2S/c1-12(2,3)9-6-13-7(5-14-9)4-8-10(16)15-11(17)18-8/h4-6H,1-3H3,(H,15,16,17)/b8-4-. The Kier molecular flexibility index (Phi) is 3.21. The maximum atomic E-state index is 11.3. The van der Waals surface area contributed by atoms with E-state index in [9.17, 15) is 9.59 Å². The third-order valence-corrected chi connectivity index (χ3v) is 3.17. The van der Waals surface area contributed by atoms with Crippen molar-refractivity contribution in [2.75, 3.05) is 0 Å². The van der Waals surface area contributed by atoms with Gasteiger partial charge in [-0.2, -0.15) is 0 Å². The lowest BCUT2D eigenvalue weighted by atomic mass is 9.93. The Morgan fingerprint density at radius 1 is 1.22 bits per heavy atom. The number of amides is 2. The highest BCUT2D eigenvalue weighted by molar-refractivity contribution is 8.18. The predicted molar refractivity (Wildman–Crippen MR) is 69.8 cm³/mol. The van der Waals surface area contributed by atoms with Crippen molar-refractivity contribution >= 4 is 29.0 Å². The Labute approximate surface area is 109 Å². The zero-order chi connectivity index (χ0) is 13.3.